The molecule has 2 N–H and O–H groups in total. The van der Waals surface area contributed by atoms with E-state index in [1.165, 1.54) is 18.2 Å². The van der Waals surface area contributed by atoms with Crippen molar-refractivity contribution in [3.63, 3.8) is 0 Å². The van der Waals surface area contributed by atoms with Gasteiger partial charge in [0.05, 0.1) is 11.3 Å². The molecule has 4 nitrogen and oxygen atoms in total. The van der Waals surface area contributed by atoms with Gasteiger partial charge < -0.3 is 10.1 Å². The van der Waals surface area contributed by atoms with Gasteiger partial charge in [-0.3, -0.25) is 10.1 Å². The monoisotopic (exact) mass is 396 g/mol. The number of rotatable bonds is 5. The molecule has 0 atom stereocenters. The van der Waals surface area contributed by atoms with Crippen LogP contribution in [0.2, 0.25) is 0 Å². The quantitative estimate of drug-likeness (QED) is 0.718. The van der Waals surface area contributed by atoms with E-state index in [-0.39, 0.29) is 23.3 Å². The summed E-state index contributed by atoms with van der Waals surface area (Å²) in [7, 11) is 0. The molecule has 0 fully saturated rings. The van der Waals surface area contributed by atoms with Crippen molar-refractivity contribution in [2.75, 3.05) is 11.9 Å². The summed E-state index contributed by atoms with van der Waals surface area (Å²) in [5.74, 6) is 0.213. The number of para-hydroxylation sites is 2. The van der Waals surface area contributed by atoms with Crippen LogP contribution >= 0.6 is 12.2 Å². The average molecular weight is 396 g/mol. The van der Waals surface area contributed by atoms with Crippen molar-refractivity contribution < 1.29 is 22.7 Å². The number of anilines is 1. The average Bonchev–Trinajstić information content (AvgIpc) is 2.59. The largest absolute Gasteiger partial charge is 0.483 e. The van der Waals surface area contributed by atoms with Crippen LogP contribution in [-0.2, 0) is 11.0 Å². The third-order valence-electron chi connectivity index (χ3n) is 3.63. The molecule has 0 saturated heterocycles. The fourth-order valence-electron chi connectivity index (χ4n) is 2.39. The SMILES string of the molecule is CC(C)c1ccccc1OCC(=O)NC(=S)Nc1ccccc1C(F)(F)F. The second-order valence-corrected chi connectivity index (χ2v) is 6.44. The summed E-state index contributed by atoms with van der Waals surface area (Å²) in [5, 5.41) is 4.48. The van der Waals surface area contributed by atoms with Crippen LogP contribution in [0.3, 0.4) is 0 Å². The standard InChI is InChI=1S/C19H19F3N2O2S/c1-12(2)13-7-3-6-10-16(13)26-11-17(25)24-18(27)23-15-9-5-4-8-14(15)19(20,21)22/h3-10,12H,11H2,1-2H3,(H2,23,24,25,27). The van der Waals surface area contributed by atoms with Crippen molar-refractivity contribution in [1.29, 1.82) is 0 Å². The second-order valence-electron chi connectivity index (χ2n) is 6.03. The van der Waals surface area contributed by atoms with E-state index in [4.69, 9.17) is 17.0 Å². The molecule has 0 radical (unpaired) electrons. The van der Waals surface area contributed by atoms with E-state index in [9.17, 15) is 18.0 Å². The Morgan fingerprint density at radius 3 is 2.41 bits per heavy atom. The molecule has 2 aromatic carbocycles. The molecule has 0 aliphatic heterocycles. The van der Waals surface area contributed by atoms with Gasteiger partial charge in [-0.05, 0) is 41.9 Å². The highest BCUT2D eigenvalue weighted by Crippen LogP contribution is 2.34. The lowest BCUT2D eigenvalue weighted by atomic mass is 10.0. The van der Waals surface area contributed by atoms with Crippen molar-refractivity contribution in [1.82, 2.24) is 5.32 Å². The highest BCUT2D eigenvalue weighted by Gasteiger charge is 2.33. The summed E-state index contributed by atoms with van der Waals surface area (Å²) in [6.45, 7) is 3.69. The molecule has 0 heterocycles. The summed E-state index contributed by atoms with van der Waals surface area (Å²) in [5.41, 5.74) is -0.157. The van der Waals surface area contributed by atoms with Crippen molar-refractivity contribution >= 4 is 28.9 Å². The topological polar surface area (TPSA) is 50.4 Å². The first-order valence-corrected chi connectivity index (χ1v) is 8.58. The molecule has 8 heteroatoms. The molecule has 0 aliphatic carbocycles. The zero-order chi connectivity index (χ0) is 20.0. The van der Waals surface area contributed by atoms with Gasteiger partial charge in [0, 0.05) is 0 Å². The van der Waals surface area contributed by atoms with E-state index < -0.39 is 17.6 Å². The summed E-state index contributed by atoms with van der Waals surface area (Å²) in [4.78, 5) is 12.0. The number of nitrogens with one attached hydrogen (secondary N) is 2. The molecule has 0 spiro atoms. The van der Waals surface area contributed by atoms with Crippen LogP contribution in [0.15, 0.2) is 48.5 Å². The van der Waals surface area contributed by atoms with Crippen LogP contribution in [0, 0.1) is 0 Å². The van der Waals surface area contributed by atoms with Gasteiger partial charge >= 0.3 is 6.18 Å². The lowest BCUT2D eigenvalue weighted by Gasteiger charge is -2.16. The van der Waals surface area contributed by atoms with E-state index in [0.29, 0.717) is 5.75 Å². The molecule has 2 rings (SSSR count). The third kappa shape index (κ3) is 5.96. The maximum atomic E-state index is 13.0. The predicted molar refractivity (Wildman–Crippen MR) is 102 cm³/mol. The lowest BCUT2D eigenvalue weighted by Crippen LogP contribution is -2.37. The molecule has 0 saturated carbocycles. The van der Waals surface area contributed by atoms with Crippen LogP contribution in [0.1, 0.15) is 30.9 Å². The fourth-order valence-corrected chi connectivity index (χ4v) is 2.61. The van der Waals surface area contributed by atoms with Gasteiger partial charge in [0.2, 0.25) is 0 Å². The summed E-state index contributed by atoms with van der Waals surface area (Å²) >= 11 is 4.93. The molecule has 144 valence electrons. The maximum absolute atomic E-state index is 13.0. The number of carbonyl (C=O) groups excluding carboxylic acids is 1. The third-order valence-corrected chi connectivity index (χ3v) is 3.84. The Hall–Kier alpha value is -2.61. The van der Waals surface area contributed by atoms with Crippen molar-refractivity contribution in [3.8, 4) is 5.75 Å². The highest BCUT2D eigenvalue weighted by molar-refractivity contribution is 7.80. The summed E-state index contributed by atoms with van der Waals surface area (Å²) in [6, 6.07) is 12.2. The van der Waals surface area contributed by atoms with Gasteiger partial charge in [-0.25, -0.2) is 0 Å². The first-order chi connectivity index (χ1) is 12.7. The molecule has 2 aromatic rings. The zero-order valence-corrected chi connectivity index (χ0v) is 15.6. The smallest absolute Gasteiger partial charge is 0.418 e. The van der Waals surface area contributed by atoms with Crippen LogP contribution < -0.4 is 15.4 Å². The van der Waals surface area contributed by atoms with E-state index in [2.05, 4.69) is 10.6 Å². The summed E-state index contributed by atoms with van der Waals surface area (Å²) in [6.07, 6.45) is -4.53. The first kappa shape index (κ1) is 20.7. The minimum atomic E-state index is -4.53. The van der Waals surface area contributed by atoms with Crippen LogP contribution in [0.5, 0.6) is 5.75 Å². The van der Waals surface area contributed by atoms with E-state index in [0.717, 1.165) is 11.6 Å². The first-order valence-electron chi connectivity index (χ1n) is 8.17. The Bertz CT molecular complexity index is 823. The number of benzene rings is 2. The minimum absolute atomic E-state index is 0.214. The number of alkyl halides is 3. The number of halogens is 3. The molecule has 1 amide bonds. The Kier molecular flexibility index (Phi) is 6.79. The Morgan fingerprint density at radius 1 is 1.11 bits per heavy atom. The van der Waals surface area contributed by atoms with Crippen molar-refractivity contribution in [3.05, 3.63) is 59.7 Å². The van der Waals surface area contributed by atoms with Gasteiger partial charge in [0.1, 0.15) is 5.75 Å². The van der Waals surface area contributed by atoms with Gasteiger partial charge in [0.25, 0.3) is 5.91 Å². The maximum Gasteiger partial charge on any atom is 0.418 e. The Labute approximate surface area is 160 Å². The number of hydrogen-bond donors (Lipinski definition) is 2. The van der Waals surface area contributed by atoms with Crippen LogP contribution in [0.25, 0.3) is 0 Å². The van der Waals surface area contributed by atoms with E-state index in [1.807, 2.05) is 26.0 Å². The fraction of sp³-hybridized carbons (Fsp3) is 0.263. The van der Waals surface area contributed by atoms with E-state index >= 15 is 0 Å². The Balaban J connectivity index is 1.95. The van der Waals surface area contributed by atoms with Crippen LogP contribution in [0.4, 0.5) is 18.9 Å². The molecular formula is C19H19F3N2O2S. The van der Waals surface area contributed by atoms with Gasteiger partial charge in [-0.15, -0.1) is 0 Å². The zero-order valence-electron chi connectivity index (χ0n) is 14.8. The number of thiocarbonyl (C=S) groups is 1. The van der Waals surface area contributed by atoms with Crippen molar-refractivity contribution in [2.45, 2.75) is 25.9 Å². The normalized spacial score (nSPS) is 11.2. The van der Waals surface area contributed by atoms with Gasteiger partial charge in [0.15, 0.2) is 11.7 Å². The molecule has 0 aliphatic rings. The number of hydrogen-bond acceptors (Lipinski definition) is 3. The molecule has 27 heavy (non-hydrogen) atoms. The van der Waals surface area contributed by atoms with E-state index in [1.54, 1.807) is 12.1 Å². The minimum Gasteiger partial charge on any atom is -0.483 e. The molecule has 0 bridgehead atoms. The van der Waals surface area contributed by atoms with Gasteiger partial charge in [-0.1, -0.05) is 44.2 Å². The Morgan fingerprint density at radius 2 is 1.74 bits per heavy atom. The molecule has 0 unspecified atom stereocenters. The molecule has 0 aromatic heterocycles. The highest BCUT2D eigenvalue weighted by atomic mass is 32.1. The predicted octanol–water partition coefficient (Wildman–Crippen LogP) is 4.72. The number of ether oxygens (including phenoxy) is 1. The van der Waals surface area contributed by atoms with Crippen LogP contribution in [-0.4, -0.2) is 17.6 Å². The second kappa shape index (κ2) is 8.85. The van der Waals surface area contributed by atoms with Gasteiger partial charge in [-0.2, -0.15) is 13.2 Å². The summed E-state index contributed by atoms with van der Waals surface area (Å²) < 4.78 is 44.5. The number of amides is 1. The lowest BCUT2D eigenvalue weighted by molar-refractivity contribution is -0.136. The molecular weight excluding hydrogens is 377 g/mol. The van der Waals surface area contributed by atoms with Crippen molar-refractivity contribution in [2.24, 2.45) is 0 Å². The number of carbonyl (C=O) groups is 1.